The molecule has 2 nitrogen and oxygen atoms in total. The zero-order chi connectivity index (χ0) is 10.4. The molecule has 0 radical (unpaired) electrons. The zero-order valence-electron chi connectivity index (χ0n) is 10.3. The molecule has 84 valence electrons. The molecule has 0 saturated heterocycles. The number of aliphatic hydroxyl groups is 1. The van der Waals surface area contributed by atoms with E-state index in [4.69, 9.17) is 5.11 Å². The Bertz CT molecular complexity index is 68.5. The van der Waals surface area contributed by atoms with E-state index in [9.17, 15) is 0 Å². The second-order valence-electron chi connectivity index (χ2n) is 2.10. The standard InChI is InChI=1S/C8H16.C2H6.CH4O.H3N/c1-4-7-8(5-2)6-3;2*1-2;/h4,7-8H,5-6H2,1-3H3;1-2H3;2H,1H3;1H3/b7-4+;;;. The van der Waals surface area contributed by atoms with Crippen molar-refractivity contribution in [2.24, 2.45) is 5.92 Å². The molecule has 0 bridgehead atoms. The van der Waals surface area contributed by atoms with Gasteiger partial charge in [-0.25, -0.2) is 0 Å². The van der Waals surface area contributed by atoms with E-state index < -0.39 is 0 Å². The van der Waals surface area contributed by atoms with E-state index in [1.165, 1.54) is 12.8 Å². The van der Waals surface area contributed by atoms with E-state index in [-0.39, 0.29) is 6.15 Å². The molecule has 0 amide bonds. The van der Waals surface area contributed by atoms with Crippen LogP contribution in [0, 0.1) is 5.92 Å². The molecular weight excluding hydrogens is 162 g/mol. The van der Waals surface area contributed by atoms with E-state index in [0.717, 1.165) is 13.0 Å². The SMILES string of the molecule is C/C=C/C(CC)CC.CC.CO.N. The summed E-state index contributed by atoms with van der Waals surface area (Å²) in [6, 6.07) is 0. The third-order valence-electron chi connectivity index (χ3n) is 1.51. The fourth-order valence-electron chi connectivity index (χ4n) is 0.833. The van der Waals surface area contributed by atoms with Gasteiger partial charge in [-0.15, -0.1) is 0 Å². The quantitative estimate of drug-likeness (QED) is 0.667. The first kappa shape index (κ1) is 23.0. The maximum Gasteiger partial charge on any atom is 0.0319 e. The van der Waals surface area contributed by atoms with E-state index in [0.29, 0.717) is 0 Å². The summed E-state index contributed by atoms with van der Waals surface area (Å²) in [4.78, 5) is 0. The molecule has 0 rings (SSSR count). The normalized spacial score (nSPS) is 8.00. The van der Waals surface area contributed by atoms with Crippen molar-refractivity contribution < 1.29 is 5.11 Å². The van der Waals surface area contributed by atoms with Crippen molar-refractivity contribution in [1.29, 1.82) is 0 Å². The smallest absolute Gasteiger partial charge is 0.0319 e. The third kappa shape index (κ3) is 24.5. The van der Waals surface area contributed by atoms with Crippen LogP contribution in [0.4, 0.5) is 0 Å². The van der Waals surface area contributed by atoms with Crippen LogP contribution < -0.4 is 6.15 Å². The average Bonchev–Trinajstić information content (AvgIpc) is 2.20. The Hall–Kier alpha value is -0.340. The van der Waals surface area contributed by atoms with Crippen LogP contribution in [0.3, 0.4) is 0 Å². The highest BCUT2D eigenvalue weighted by Crippen LogP contribution is 2.07. The monoisotopic (exact) mass is 191 g/mol. The maximum atomic E-state index is 7.00. The zero-order valence-corrected chi connectivity index (χ0v) is 10.3. The summed E-state index contributed by atoms with van der Waals surface area (Å²) in [7, 11) is 1.00. The molecule has 0 fully saturated rings. The Morgan fingerprint density at radius 2 is 1.38 bits per heavy atom. The molecule has 0 aromatic heterocycles. The van der Waals surface area contributed by atoms with Crippen molar-refractivity contribution in [3.63, 3.8) is 0 Å². The van der Waals surface area contributed by atoms with Crippen LogP contribution in [0.25, 0.3) is 0 Å². The molecule has 0 aliphatic rings. The third-order valence-corrected chi connectivity index (χ3v) is 1.51. The fraction of sp³-hybridized carbons (Fsp3) is 0.818. The maximum absolute atomic E-state index is 7.00. The van der Waals surface area contributed by atoms with Gasteiger partial charge in [0.25, 0.3) is 0 Å². The molecule has 4 N–H and O–H groups in total. The molecule has 0 aromatic carbocycles. The van der Waals surface area contributed by atoms with Gasteiger partial charge in [0.1, 0.15) is 0 Å². The highest BCUT2D eigenvalue weighted by Gasteiger charge is 1.93. The lowest BCUT2D eigenvalue weighted by atomic mass is 10.0. The second kappa shape index (κ2) is 29.9. The predicted octanol–water partition coefficient (Wildman–Crippen LogP) is 3.80. The molecule has 0 aliphatic carbocycles. The van der Waals surface area contributed by atoms with E-state index >= 15 is 0 Å². The van der Waals surface area contributed by atoms with Gasteiger partial charge in [0.05, 0.1) is 0 Å². The van der Waals surface area contributed by atoms with Gasteiger partial charge >= 0.3 is 0 Å². The first-order chi connectivity index (χ1) is 5.85. The number of rotatable bonds is 3. The summed E-state index contributed by atoms with van der Waals surface area (Å²) in [5.41, 5.74) is 0. The highest BCUT2D eigenvalue weighted by atomic mass is 16.2. The van der Waals surface area contributed by atoms with Gasteiger partial charge < -0.3 is 11.3 Å². The molecule has 13 heavy (non-hydrogen) atoms. The van der Waals surface area contributed by atoms with Crippen LogP contribution in [-0.2, 0) is 0 Å². The van der Waals surface area contributed by atoms with Crippen LogP contribution in [0.2, 0.25) is 0 Å². The summed E-state index contributed by atoms with van der Waals surface area (Å²) in [5, 5.41) is 7.00. The van der Waals surface area contributed by atoms with Crippen molar-refractivity contribution in [1.82, 2.24) is 6.15 Å². The van der Waals surface area contributed by atoms with Crippen LogP contribution in [0.1, 0.15) is 47.5 Å². The molecule has 0 aliphatic heterocycles. The summed E-state index contributed by atoms with van der Waals surface area (Å²) in [5.74, 6) is 0.819. The average molecular weight is 191 g/mol. The Labute approximate surface area is 84.6 Å². The van der Waals surface area contributed by atoms with Crippen LogP contribution >= 0.6 is 0 Å². The Morgan fingerprint density at radius 3 is 1.46 bits per heavy atom. The van der Waals surface area contributed by atoms with Crippen LogP contribution in [0.5, 0.6) is 0 Å². The molecule has 0 aromatic rings. The van der Waals surface area contributed by atoms with Crippen molar-refractivity contribution >= 4 is 0 Å². The number of allylic oxidation sites excluding steroid dienone is 2. The van der Waals surface area contributed by atoms with Gasteiger partial charge in [0.15, 0.2) is 0 Å². The van der Waals surface area contributed by atoms with Gasteiger partial charge in [-0.2, -0.15) is 0 Å². The molecule has 0 atom stereocenters. The van der Waals surface area contributed by atoms with Crippen LogP contribution in [0.15, 0.2) is 12.2 Å². The Kier molecular flexibility index (Phi) is 52.7. The van der Waals surface area contributed by atoms with Gasteiger partial charge in [0.2, 0.25) is 0 Å². The van der Waals surface area contributed by atoms with Gasteiger partial charge in [-0.05, 0) is 25.7 Å². The molecular formula is C11H29NO. The number of hydrogen-bond donors (Lipinski definition) is 2. The van der Waals surface area contributed by atoms with Gasteiger partial charge in [-0.3, -0.25) is 0 Å². The lowest BCUT2D eigenvalue weighted by Crippen LogP contribution is -1.88. The van der Waals surface area contributed by atoms with E-state index in [1.807, 2.05) is 13.8 Å². The van der Waals surface area contributed by atoms with Crippen molar-refractivity contribution in [3.8, 4) is 0 Å². The number of hydrogen-bond acceptors (Lipinski definition) is 2. The van der Waals surface area contributed by atoms with Gasteiger partial charge in [0, 0.05) is 7.11 Å². The summed E-state index contributed by atoms with van der Waals surface area (Å²) < 4.78 is 0. The summed E-state index contributed by atoms with van der Waals surface area (Å²) >= 11 is 0. The first-order valence-electron chi connectivity index (χ1n) is 4.92. The fourth-order valence-corrected chi connectivity index (χ4v) is 0.833. The first-order valence-corrected chi connectivity index (χ1v) is 4.92. The minimum absolute atomic E-state index is 0. The van der Waals surface area contributed by atoms with Crippen LogP contribution in [-0.4, -0.2) is 12.2 Å². The van der Waals surface area contributed by atoms with Gasteiger partial charge in [-0.1, -0.05) is 39.8 Å². The Morgan fingerprint density at radius 1 is 1.08 bits per heavy atom. The summed E-state index contributed by atoms with van der Waals surface area (Å²) in [6.07, 6.45) is 6.97. The molecule has 0 saturated carbocycles. The Balaban J connectivity index is -0.0000000712. The summed E-state index contributed by atoms with van der Waals surface area (Å²) in [6.45, 7) is 10.5. The number of aliphatic hydroxyl groups excluding tert-OH is 1. The lowest BCUT2D eigenvalue weighted by molar-refractivity contribution is 0.399. The topological polar surface area (TPSA) is 55.2 Å². The minimum Gasteiger partial charge on any atom is -0.400 e. The van der Waals surface area contributed by atoms with Crippen molar-refractivity contribution in [2.45, 2.75) is 47.5 Å². The predicted molar refractivity (Wildman–Crippen MR) is 63.4 cm³/mol. The molecule has 0 heterocycles. The highest BCUT2D eigenvalue weighted by molar-refractivity contribution is 4.83. The van der Waals surface area contributed by atoms with Crippen molar-refractivity contribution in [2.75, 3.05) is 7.11 Å². The molecule has 0 unspecified atom stereocenters. The molecule has 2 heteroatoms. The minimum atomic E-state index is 0. The lowest BCUT2D eigenvalue weighted by Gasteiger charge is -2.02. The second-order valence-corrected chi connectivity index (χ2v) is 2.10. The van der Waals surface area contributed by atoms with E-state index in [1.54, 1.807) is 0 Å². The van der Waals surface area contributed by atoms with E-state index in [2.05, 4.69) is 32.9 Å². The largest absolute Gasteiger partial charge is 0.400 e. The molecule has 0 spiro atoms. The van der Waals surface area contributed by atoms with Crippen molar-refractivity contribution in [3.05, 3.63) is 12.2 Å².